The van der Waals surface area contributed by atoms with Crippen molar-refractivity contribution in [2.75, 3.05) is 31.1 Å². The summed E-state index contributed by atoms with van der Waals surface area (Å²) in [6.45, 7) is 4.29. The van der Waals surface area contributed by atoms with Crippen molar-refractivity contribution < 1.29 is 9.90 Å². The Morgan fingerprint density at radius 3 is 2.13 bits per heavy atom. The zero-order chi connectivity index (χ0) is 21.5. The van der Waals surface area contributed by atoms with Crippen molar-refractivity contribution in [3.63, 3.8) is 0 Å². The van der Waals surface area contributed by atoms with E-state index in [-0.39, 0.29) is 5.56 Å². The first-order chi connectivity index (χ1) is 15.2. The quantitative estimate of drug-likeness (QED) is 0.595. The summed E-state index contributed by atoms with van der Waals surface area (Å²) in [5, 5.41) is 9.40. The van der Waals surface area contributed by atoms with E-state index < -0.39 is 5.97 Å². The third-order valence-corrected chi connectivity index (χ3v) is 5.89. The molecule has 1 N–H and O–H groups in total. The number of nitrogens with zero attached hydrogens (tertiary/aromatic N) is 3. The number of rotatable bonds is 8. The Bertz CT molecular complexity index is 981. The van der Waals surface area contributed by atoms with Gasteiger partial charge in [0.25, 0.3) is 0 Å². The van der Waals surface area contributed by atoms with Gasteiger partial charge in [-0.2, -0.15) is 0 Å². The van der Waals surface area contributed by atoms with E-state index >= 15 is 0 Å². The maximum Gasteiger partial charge on any atom is 0.339 e. The van der Waals surface area contributed by atoms with Gasteiger partial charge in [0.1, 0.15) is 11.4 Å². The summed E-state index contributed by atoms with van der Waals surface area (Å²) in [5.41, 5.74) is 4.39. The number of carbonyl (C=O) groups is 1. The third-order valence-electron chi connectivity index (χ3n) is 5.89. The number of hydrogen-bond acceptors (Lipinski definition) is 4. The van der Waals surface area contributed by atoms with Crippen molar-refractivity contribution in [2.45, 2.75) is 25.8 Å². The van der Waals surface area contributed by atoms with E-state index in [9.17, 15) is 9.90 Å². The van der Waals surface area contributed by atoms with Crippen molar-refractivity contribution in [3.05, 3.63) is 95.2 Å². The van der Waals surface area contributed by atoms with Crippen LogP contribution in [0.15, 0.2) is 72.9 Å². The largest absolute Gasteiger partial charge is 0.478 e. The van der Waals surface area contributed by atoms with Crippen LogP contribution in [0.1, 0.15) is 33.5 Å². The topological polar surface area (TPSA) is 56.7 Å². The summed E-state index contributed by atoms with van der Waals surface area (Å²) in [4.78, 5) is 20.3. The van der Waals surface area contributed by atoms with Gasteiger partial charge in [-0.05, 0) is 48.1 Å². The fourth-order valence-corrected chi connectivity index (χ4v) is 4.14. The molecule has 160 valence electrons. The van der Waals surface area contributed by atoms with E-state index in [4.69, 9.17) is 0 Å². The number of hydrogen-bond donors (Lipinski definition) is 1. The molecule has 1 aliphatic rings. The molecular formula is C26H29N3O2. The fourth-order valence-electron chi connectivity index (χ4n) is 4.14. The standard InChI is InChI=1S/C26H29N3O2/c30-26(31)24-10-5-15-27-25(24)29-18-16-28(17-19-29)20-23-13-11-22(12-14-23)9-4-8-21-6-2-1-3-7-21/h1-3,5-7,10-15H,4,8-9,16-20H2,(H,30,31). The van der Waals surface area contributed by atoms with E-state index in [1.54, 1.807) is 18.3 Å². The number of carboxylic acid groups (broad SMARTS) is 1. The normalized spacial score (nSPS) is 14.5. The number of aromatic nitrogens is 1. The van der Waals surface area contributed by atoms with Gasteiger partial charge in [-0.1, -0.05) is 54.6 Å². The number of pyridine rings is 1. The van der Waals surface area contributed by atoms with Crippen molar-refractivity contribution in [1.29, 1.82) is 0 Å². The van der Waals surface area contributed by atoms with E-state index in [1.807, 2.05) is 0 Å². The fraction of sp³-hybridized carbons (Fsp3) is 0.308. The first-order valence-electron chi connectivity index (χ1n) is 11.0. The van der Waals surface area contributed by atoms with E-state index in [0.29, 0.717) is 5.82 Å². The molecule has 5 heteroatoms. The van der Waals surface area contributed by atoms with Crippen LogP contribution in [0.3, 0.4) is 0 Å². The van der Waals surface area contributed by atoms with Crippen LogP contribution in [-0.4, -0.2) is 47.1 Å². The van der Waals surface area contributed by atoms with Gasteiger partial charge in [0, 0.05) is 38.9 Å². The van der Waals surface area contributed by atoms with Gasteiger partial charge < -0.3 is 10.0 Å². The third kappa shape index (κ3) is 5.70. The predicted octanol–water partition coefficient (Wildman–Crippen LogP) is 4.28. The maximum atomic E-state index is 11.5. The Hall–Kier alpha value is -3.18. The number of carboxylic acids is 1. The Kier molecular flexibility index (Phi) is 6.95. The molecule has 0 unspecified atom stereocenters. The molecule has 0 saturated carbocycles. The number of anilines is 1. The van der Waals surface area contributed by atoms with Crippen LogP contribution in [-0.2, 0) is 19.4 Å². The molecule has 1 aromatic heterocycles. The number of aryl methyl sites for hydroxylation is 2. The lowest BCUT2D eigenvalue weighted by molar-refractivity contribution is 0.0697. The van der Waals surface area contributed by atoms with Crippen LogP contribution < -0.4 is 4.90 Å². The molecule has 1 aliphatic heterocycles. The van der Waals surface area contributed by atoms with Crippen LogP contribution in [0.5, 0.6) is 0 Å². The Labute approximate surface area is 184 Å². The zero-order valence-electron chi connectivity index (χ0n) is 17.8. The molecule has 3 aromatic rings. The molecule has 0 radical (unpaired) electrons. The highest BCUT2D eigenvalue weighted by molar-refractivity contribution is 5.93. The van der Waals surface area contributed by atoms with Crippen LogP contribution in [0, 0.1) is 0 Å². The summed E-state index contributed by atoms with van der Waals surface area (Å²) in [6.07, 6.45) is 5.04. The second kappa shape index (κ2) is 10.2. The molecular weight excluding hydrogens is 386 g/mol. The monoisotopic (exact) mass is 415 g/mol. The highest BCUT2D eigenvalue weighted by Gasteiger charge is 2.22. The van der Waals surface area contributed by atoms with Gasteiger partial charge in [-0.25, -0.2) is 9.78 Å². The first-order valence-corrected chi connectivity index (χ1v) is 11.0. The van der Waals surface area contributed by atoms with Crippen LogP contribution >= 0.6 is 0 Å². The highest BCUT2D eigenvalue weighted by atomic mass is 16.4. The van der Waals surface area contributed by atoms with Gasteiger partial charge in [0.15, 0.2) is 0 Å². The lowest BCUT2D eigenvalue weighted by atomic mass is 10.0. The lowest BCUT2D eigenvalue weighted by Crippen LogP contribution is -2.46. The molecule has 2 aromatic carbocycles. The Morgan fingerprint density at radius 2 is 1.45 bits per heavy atom. The molecule has 1 fully saturated rings. The average Bonchev–Trinajstić information content (AvgIpc) is 2.81. The van der Waals surface area contributed by atoms with Crippen molar-refractivity contribution in [1.82, 2.24) is 9.88 Å². The number of benzene rings is 2. The van der Waals surface area contributed by atoms with E-state index in [0.717, 1.165) is 52.0 Å². The summed E-state index contributed by atoms with van der Waals surface area (Å²) < 4.78 is 0. The van der Waals surface area contributed by atoms with Crippen LogP contribution in [0.4, 0.5) is 5.82 Å². The minimum Gasteiger partial charge on any atom is -0.478 e. The summed E-state index contributed by atoms with van der Waals surface area (Å²) in [6, 6.07) is 22.9. The first kappa shape index (κ1) is 21.1. The van der Waals surface area contributed by atoms with Gasteiger partial charge in [0.05, 0.1) is 0 Å². The molecule has 1 saturated heterocycles. The smallest absolute Gasteiger partial charge is 0.339 e. The van der Waals surface area contributed by atoms with Crippen molar-refractivity contribution in [2.24, 2.45) is 0 Å². The predicted molar refractivity (Wildman–Crippen MR) is 124 cm³/mol. The van der Waals surface area contributed by atoms with Crippen molar-refractivity contribution >= 4 is 11.8 Å². The molecule has 0 atom stereocenters. The van der Waals surface area contributed by atoms with Crippen LogP contribution in [0.25, 0.3) is 0 Å². The van der Waals surface area contributed by atoms with Gasteiger partial charge in [0.2, 0.25) is 0 Å². The minimum absolute atomic E-state index is 0.277. The summed E-state index contributed by atoms with van der Waals surface area (Å²) in [7, 11) is 0. The van der Waals surface area contributed by atoms with Gasteiger partial charge in [-0.15, -0.1) is 0 Å². The molecule has 0 amide bonds. The Balaban J connectivity index is 1.25. The molecule has 4 rings (SSSR count). The van der Waals surface area contributed by atoms with E-state index in [2.05, 4.69) is 69.4 Å². The molecule has 31 heavy (non-hydrogen) atoms. The van der Waals surface area contributed by atoms with Crippen LogP contribution in [0.2, 0.25) is 0 Å². The molecule has 2 heterocycles. The van der Waals surface area contributed by atoms with Crippen molar-refractivity contribution in [3.8, 4) is 0 Å². The number of aromatic carboxylic acids is 1. The highest BCUT2D eigenvalue weighted by Crippen LogP contribution is 2.20. The summed E-state index contributed by atoms with van der Waals surface area (Å²) in [5.74, 6) is -0.344. The minimum atomic E-state index is -0.922. The summed E-state index contributed by atoms with van der Waals surface area (Å²) >= 11 is 0. The van der Waals surface area contributed by atoms with Gasteiger partial charge >= 0.3 is 5.97 Å². The SMILES string of the molecule is O=C(O)c1cccnc1N1CCN(Cc2ccc(CCCc3ccccc3)cc2)CC1. The zero-order valence-corrected chi connectivity index (χ0v) is 17.8. The van der Waals surface area contributed by atoms with E-state index in [1.165, 1.54) is 16.7 Å². The second-order valence-electron chi connectivity index (χ2n) is 8.10. The lowest BCUT2D eigenvalue weighted by Gasteiger charge is -2.35. The molecule has 0 spiro atoms. The Morgan fingerprint density at radius 1 is 0.806 bits per heavy atom. The average molecular weight is 416 g/mol. The molecule has 5 nitrogen and oxygen atoms in total. The molecule has 0 bridgehead atoms. The second-order valence-corrected chi connectivity index (χ2v) is 8.10. The van der Waals surface area contributed by atoms with Gasteiger partial charge in [-0.3, -0.25) is 4.90 Å². The molecule has 0 aliphatic carbocycles. The maximum absolute atomic E-state index is 11.5. The number of piperazine rings is 1.